The second-order valence-electron chi connectivity index (χ2n) is 15.7. The Morgan fingerprint density at radius 2 is 1.20 bits per heavy atom. The Hall–Kier alpha value is -1.99. The van der Waals surface area contributed by atoms with Crippen molar-refractivity contribution in [2.75, 3.05) is 0 Å². The van der Waals surface area contributed by atoms with Gasteiger partial charge < -0.3 is 24.8 Å². The van der Waals surface area contributed by atoms with Gasteiger partial charge in [-0.15, -0.1) is 39.7 Å². The summed E-state index contributed by atoms with van der Waals surface area (Å²) in [7, 11) is 0. The van der Waals surface area contributed by atoms with Crippen molar-refractivity contribution in [3.05, 3.63) is 147 Å². The van der Waals surface area contributed by atoms with E-state index in [0.29, 0.717) is 11.3 Å². The molecule has 0 saturated carbocycles. The van der Waals surface area contributed by atoms with Gasteiger partial charge >= 0.3 is 123 Å². The van der Waals surface area contributed by atoms with Gasteiger partial charge in [-0.3, -0.25) is 6.08 Å². The van der Waals surface area contributed by atoms with E-state index in [9.17, 15) is 0 Å². The first-order valence-corrected chi connectivity index (χ1v) is 20.4. The van der Waals surface area contributed by atoms with Gasteiger partial charge in [0.2, 0.25) is 0 Å². The molecule has 5 heteroatoms. The zero-order valence-corrected chi connectivity index (χ0v) is 36.5. The smallest absolute Gasteiger partial charge is 1.00 e. The van der Waals surface area contributed by atoms with Crippen molar-refractivity contribution in [2.45, 2.75) is 80.1 Å². The van der Waals surface area contributed by atoms with Crippen LogP contribution in [0.3, 0.4) is 0 Å². The Kier molecular flexibility index (Phi) is 16.5. The molecule has 1 atom stereocenters. The predicted octanol–water partition coefficient (Wildman–Crippen LogP) is 7.36. The van der Waals surface area contributed by atoms with Crippen LogP contribution < -0.4 is 24.8 Å². The van der Waals surface area contributed by atoms with Crippen LogP contribution in [0.2, 0.25) is 10.0 Å². The third-order valence-corrected chi connectivity index (χ3v) is 11.4. The standard InChI is InChI=1S/C21H25.C10H15.2C7H5Cl.2ClH.Zr/c1-20(2,3)16-11-10-14-12-15-8-7-9-18(21(4,5)6)19(15)17(14)13-16;1-8-5-6-9(7-8)10(2,3)4;2*1-6-2-4-7(8)5-3-6;;;/h7-13H,1-6H3;6-8H,1-4H3;2*1-5H;2*1H;/q2*-1;;;;;/p-2. The molecule has 0 amide bonds. The first kappa shape index (κ1) is 44.2. The number of hydrogen-bond donors (Lipinski definition) is 0. The second-order valence-corrected chi connectivity index (χ2v) is 18.9. The van der Waals surface area contributed by atoms with E-state index in [1.807, 2.05) is 24.3 Å². The van der Waals surface area contributed by atoms with Crippen molar-refractivity contribution in [1.29, 1.82) is 0 Å². The largest absolute Gasteiger partial charge is 1.00 e. The number of halogens is 4. The van der Waals surface area contributed by atoms with Crippen LogP contribution in [0.25, 0.3) is 21.5 Å². The average molecular weight is 824 g/mol. The molecule has 1 aliphatic carbocycles. The van der Waals surface area contributed by atoms with Crippen LogP contribution in [0.5, 0.6) is 0 Å². The molecule has 1 unspecified atom stereocenters. The van der Waals surface area contributed by atoms with Crippen LogP contribution in [0, 0.1) is 17.4 Å². The summed E-state index contributed by atoms with van der Waals surface area (Å²) < 4.78 is 4.66. The maximum Gasteiger partial charge on any atom is -1.00 e. The van der Waals surface area contributed by atoms with E-state index in [1.54, 1.807) is 0 Å². The Balaban J connectivity index is 0.000000270. The van der Waals surface area contributed by atoms with Crippen LogP contribution in [0.15, 0.2) is 109 Å². The molecule has 5 aromatic carbocycles. The number of benzene rings is 4. The first-order valence-electron chi connectivity index (χ1n) is 16.8. The summed E-state index contributed by atoms with van der Waals surface area (Å²) >= 11 is 11.0. The Morgan fingerprint density at radius 3 is 1.62 bits per heavy atom. The van der Waals surface area contributed by atoms with E-state index >= 15 is 0 Å². The monoisotopic (exact) mass is 820 g/mol. The number of fused-ring (bicyclic) bond motifs is 3. The fraction of sp³-hybridized carbons (Fsp3) is 0.311. The third-order valence-electron chi connectivity index (χ3n) is 8.44. The minimum Gasteiger partial charge on any atom is -1.00 e. The fourth-order valence-electron chi connectivity index (χ4n) is 5.55. The van der Waals surface area contributed by atoms with Gasteiger partial charge in [0.1, 0.15) is 0 Å². The molecule has 6 rings (SSSR count). The average Bonchev–Trinajstić information content (AvgIpc) is 3.62. The SMILES string of the molecule is CC(C)(C)c1ccc2[cH-]c3cccc(C(C)(C)C)c3c2c1.CC1[C-]=CC(C(C)(C)C)=C1.Clc1ccc([CH]=[Zr]=[CH]c2ccc(Cl)cc2)cc1.[Cl-].[Cl-]. The molecule has 5 aromatic rings. The van der Waals surface area contributed by atoms with E-state index in [0.717, 1.165) is 10.0 Å². The van der Waals surface area contributed by atoms with E-state index < -0.39 is 22.3 Å². The minimum absolute atomic E-state index is 0. The van der Waals surface area contributed by atoms with Crippen molar-refractivity contribution in [2.24, 2.45) is 11.3 Å². The van der Waals surface area contributed by atoms with Crippen molar-refractivity contribution < 1.29 is 47.1 Å². The maximum absolute atomic E-state index is 5.84. The second kappa shape index (κ2) is 18.7. The zero-order valence-electron chi connectivity index (χ0n) is 31.1. The quantitative estimate of drug-likeness (QED) is 0.164. The summed E-state index contributed by atoms with van der Waals surface area (Å²) in [6.07, 6.45) is 7.65. The molecule has 0 N–H and O–H groups in total. The molecular weight excluding hydrogens is 774 g/mol. The molecule has 0 aliphatic heterocycles. The van der Waals surface area contributed by atoms with Gasteiger partial charge in [-0.25, -0.2) is 6.08 Å². The van der Waals surface area contributed by atoms with Crippen LogP contribution in [0.1, 0.15) is 91.5 Å². The van der Waals surface area contributed by atoms with Gasteiger partial charge in [-0.05, 0) is 10.8 Å². The fourth-order valence-corrected chi connectivity index (χ4v) is 7.90. The van der Waals surface area contributed by atoms with Gasteiger partial charge in [-0.1, -0.05) is 116 Å². The summed E-state index contributed by atoms with van der Waals surface area (Å²) in [6.45, 7) is 22.6. The molecule has 0 nitrogen and oxygen atoms in total. The van der Waals surface area contributed by atoms with Gasteiger partial charge in [0.25, 0.3) is 0 Å². The Morgan fingerprint density at radius 1 is 0.660 bits per heavy atom. The van der Waals surface area contributed by atoms with Crippen LogP contribution in [-0.2, 0) is 33.1 Å². The summed E-state index contributed by atoms with van der Waals surface area (Å²) in [5.41, 5.74) is 7.44. The Bertz CT molecular complexity index is 1920. The molecule has 0 bridgehead atoms. The van der Waals surface area contributed by atoms with Crippen LogP contribution in [-0.4, -0.2) is 7.42 Å². The molecule has 0 fully saturated rings. The molecule has 0 heterocycles. The predicted molar refractivity (Wildman–Crippen MR) is 212 cm³/mol. The van der Waals surface area contributed by atoms with E-state index in [-0.39, 0.29) is 35.6 Å². The van der Waals surface area contributed by atoms with Crippen molar-refractivity contribution >= 4 is 52.2 Å². The minimum atomic E-state index is -0.623. The van der Waals surface area contributed by atoms with Gasteiger partial charge in [0.05, 0.1) is 0 Å². The number of hydrogen-bond acceptors (Lipinski definition) is 0. The molecule has 0 spiro atoms. The summed E-state index contributed by atoms with van der Waals surface area (Å²) in [5.74, 6) is 0.522. The zero-order chi connectivity index (χ0) is 35.3. The molecule has 1 aliphatic rings. The summed E-state index contributed by atoms with van der Waals surface area (Å²) in [4.78, 5) is 0. The van der Waals surface area contributed by atoms with E-state index in [4.69, 9.17) is 23.2 Å². The molecule has 0 aromatic heterocycles. The molecule has 0 saturated heterocycles. The van der Waals surface area contributed by atoms with Crippen molar-refractivity contribution in [1.82, 2.24) is 0 Å². The Labute approximate surface area is 335 Å². The third kappa shape index (κ3) is 12.6. The normalized spacial score (nSPS) is 13.8. The molecule has 266 valence electrons. The maximum atomic E-state index is 5.84. The van der Waals surface area contributed by atoms with Gasteiger partial charge in [0, 0.05) is 0 Å². The first-order chi connectivity index (χ1) is 22.4. The van der Waals surface area contributed by atoms with E-state index in [2.05, 4.69) is 162 Å². The molecular formula is C45H50Cl4Zr-4. The van der Waals surface area contributed by atoms with E-state index in [1.165, 1.54) is 49.4 Å². The number of rotatable bonds is 2. The molecule has 0 radical (unpaired) electrons. The van der Waals surface area contributed by atoms with Crippen molar-refractivity contribution in [3.63, 3.8) is 0 Å². The topological polar surface area (TPSA) is 0 Å². The van der Waals surface area contributed by atoms with Crippen LogP contribution in [0.4, 0.5) is 0 Å². The summed E-state index contributed by atoms with van der Waals surface area (Å²) in [6, 6.07) is 31.9. The molecule has 50 heavy (non-hydrogen) atoms. The van der Waals surface area contributed by atoms with Crippen LogP contribution >= 0.6 is 23.2 Å². The van der Waals surface area contributed by atoms with Gasteiger partial charge in [0.15, 0.2) is 0 Å². The van der Waals surface area contributed by atoms with Crippen molar-refractivity contribution in [3.8, 4) is 0 Å². The van der Waals surface area contributed by atoms with Gasteiger partial charge in [-0.2, -0.15) is 11.6 Å². The summed E-state index contributed by atoms with van der Waals surface area (Å²) in [5, 5.41) is 7.13. The number of allylic oxidation sites excluding steroid dienone is 4.